The maximum Gasteiger partial charge on any atom is -0.0230 e. The van der Waals surface area contributed by atoms with Gasteiger partial charge in [-0.15, -0.1) is 0 Å². The van der Waals surface area contributed by atoms with Crippen LogP contribution in [0.4, 0.5) is 0 Å². The third kappa shape index (κ3) is 3.91. The van der Waals surface area contributed by atoms with Gasteiger partial charge in [0.25, 0.3) is 0 Å². The molecule has 0 nitrogen and oxygen atoms in total. The van der Waals surface area contributed by atoms with E-state index in [9.17, 15) is 0 Å². The average Bonchev–Trinajstić information content (AvgIpc) is 2.15. The van der Waals surface area contributed by atoms with Gasteiger partial charge >= 0.3 is 0 Å². The van der Waals surface area contributed by atoms with E-state index >= 15 is 0 Å². The van der Waals surface area contributed by atoms with Gasteiger partial charge in [-0.05, 0) is 35.0 Å². The first kappa shape index (κ1) is 12.0. The van der Waals surface area contributed by atoms with Crippen LogP contribution < -0.4 is 0 Å². The van der Waals surface area contributed by atoms with Gasteiger partial charge in [-0.2, -0.15) is 0 Å². The molecule has 0 saturated carbocycles. The predicted octanol–water partition coefficient (Wildman–Crippen LogP) is 4.70. The van der Waals surface area contributed by atoms with Crippen LogP contribution in [0.25, 0.3) is 5.57 Å². The summed E-state index contributed by atoms with van der Waals surface area (Å²) in [5.74, 6) is 0. The minimum atomic E-state index is 0.320. The monoisotopic (exact) mass is 202 g/mol. The molecule has 0 spiro atoms. The van der Waals surface area contributed by atoms with E-state index in [0.717, 1.165) is 12.8 Å². The van der Waals surface area contributed by atoms with Crippen LogP contribution in [-0.2, 0) is 6.42 Å². The van der Waals surface area contributed by atoms with Crippen molar-refractivity contribution in [3.05, 3.63) is 42.0 Å². The molecule has 82 valence electrons. The fourth-order valence-electron chi connectivity index (χ4n) is 1.72. The molecule has 0 heteroatoms. The molecule has 0 saturated heterocycles. The van der Waals surface area contributed by atoms with Gasteiger partial charge in [0.15, 0.2) is 0 Å². The van der Waals surface area contributed by atoms with E-state index in [1.807, 2.05) is 0 Å². The molecule has 1 aromatic rings. The summed E-state index contributed by atoms with van der Waals surface area (Å²) in [6.45, 7) is 13.1. The Kier molecular flexibility index (Phi) is 3.73. The topological polar surface area (TPSA) is 0 Å². The van der Waals surface area contributed by atoms with Crippen LogP contribution in [0.2, 0.25) is 0 Å². The maximum atomic E-state index is 4.17. The molecule has 0 radical (unpaired) electrons. The van der Waals surface area contributed by atoms with Crippen molar-refractivity contribution in [1.82, 2.24) is 0 Å². The van der Waals surface area contributed by atoms with Crippen molar-refractivity contribution >= 4 is 5.57 Å². The predicted molar refractivity (Wildman–Crippen MR) is 68.9 cm³/mol. The van der Waals surface area contributed by atoms with Crippen LogP contribution in [0, 0.1) is 5.41 Å². The summed E-state index contributed by atoms with van der Waals surface area (Å²) < 4.78 is 0. The number of hydrogen-bond acceptors (Lipinski definition) is 0. The molecule has 0 amide bonds. The van der Waals surface area contributed by atoms with Gasteiger partial charge in [0, 0.05) is 0 Å². The molecule has 0 N–H and O–H groups in total. The second-order valence-electron chi connectivity index (χ2n) is 5.39. The van der Waals surface area contributed by atoms with E-state index in [0.29, 0.717) is 5.41 Å². The van der Waals surface area contributed by atoms with E-state index in [4.69, 9.17) is 0 Å². The van der Waals surface area contributed by atoms with Gasteiger partial charge in [-0.3, -0.25) is 0 Å². The van der Waals surface area contributed by atoms with Crippen molar-refractivity contribution < 1.29 is 0 Å². The minimum Gasteiger partial charge on any atom is -0.0952 e. The summed E-state index contributed by atoms with van der Waals surface area (Å²) in [4.78, 5) is 0. The highest BCUT2D eigenvalue weighted by Crippen LogP contribution is 2.29. The Hall–Kier alpha value is -1.04. The first-order valence-electron chi connectivity index (χ1n) is 5.69. The van der Waals surface area contributed by atoms with Crippen LogP contribution in [0.5, 0.6) is 0 Å². The molecular weight excluding hydrogens is 180 g/mol. The van der Waals surface area contributed by atoms with Crippen LogP contribution >= 0.6 is 0 Å². The molecule has 0 aliphatic heterocycles. The number of hydrogen-bond donors (Lipinski definition) is 0. The number of rotatable bonds is 3. The normalized spacial score (nSPS) is 11.5. The van der Waals surface area contributed by atoms with E-state index in [2.05, 4.69) is 58.5 Å². The molecule has 0 bridgehead atoms. The van der Waals surface area contributed by atoms with Crippen molar-refractivity contribution in [3.63, 3.8) is 0 Å². The summed E-state index contributed by atoms with van der Waals surface area (Å²) in [6.07, 6.45) is 2.16. The van der Waals surface area contributed by atoms with Crippen molar-refractivity contribution in [1.29, 1.82) is 0 Å². The third-order valence-electron chi connectivity index (χ3n) is 2.51. The van der Waals surface area contributed by atoms with Crippen molar-refractivity contribution in [3.8, 4) is 0 Å². The summed E-state index contributed by atoms with van der Waals surface area (Å²) in [5, 5.41) is 0. The molecule has 0 atom stereocenters. The molecule has 0 aliphatic carbocycles. The van der Waals surface area contributed by atoms with Gasteiger partial charge < -0.3 is 0 Å². The molecule has 0 unspecified atom stereocenters. The Morgan fingerprint density at radius 2 is 1.67 bits per heavy atom. The van der Waals surface area contributed by atoms with E-state index in [-0.39, 0.29) is 0 Å². The number of allylic oxidation sites excluding steroid dienone is 1. The van der Waals surface area contributed by atoms with Crippen molar-refractivity contribution in [2.75, 3.05) is 0 Å². The van der Waals surface area contributed by atoms with Gasteiger partial charge in [0.2, 0.25) is 0 Å². The maximum absolute atomic E-state index is 4.17. The number of benzene rings is 1. The Labute approximate surface area is 94.0 Å². The zero-order chi connectivity index (χ0) is 11.5. The molecule has 0 fully saturated rings. The number of aryl methyl sites for hydroxylation is 1. The lowest BCUT2D eigenvalue weighted by Gasteiger charge is -2.19. The van der Waals surface area contributed by atoms with Gasteiger partial charge in [-0.1, -0.05) is 58.5 Å². The van der Waals surface area contributed by atoms with Crippen molar-refractivity contribution in [2.45, 2.75) is 40.5 Å². The van der Waals surface area contributed by atoms with E-state index < -0.39 is 0 Å². The standard InChI is InChI=1S/C15H22/c1-6-13-7-9-14(10-8-13)12(2)11-15(3,4)5/h7-10H,2,6,11H2,1,3-5H3. The highest BCUT2D eigenvalue weighted by molar-refractivity contribution is 5.63. The van der Waals surface area contributed by atoms with Crippen LogP contribution in [-0.4, -0.2) is 0 Å². The first-order valence-corrected chi connectivity index (χ1v) is 5.69. The summed E-state index contributed by atoms with van der Waals surface area (Å²) in [7, 11) is 0. The summed E-state index contributed by atoms with van der Waals surface area (Å²) >= 11 is 0. The average molecular weight is 202 g/mol. The summed E-state index contributed by atoms with van der Waals surface area (Å²) in [6, 6.07) is 8.77. The lowest BCUT2D eigenvalue weighted by molar-refractivity contribution is 0.427. The minimum absolute atomic E-state index is 0.320. The molecule has 1 rings (SSSR count). The van der Waals surface area contributed by atoms with Gasteiger partial charge in [-0.25, -0.2) is 0 Å². The quantitative estimate of drug-likeness (QED) is 0.666. The van der Waals surface area contributed by atoms with Crippen molar-refractivity contribution in [2.24, 2.45) is 5.41 Å². The second-order valence-corrected chi connectivity index (χ2v) is 5.39. The molecule has 15 heavy (non-hydrogen) atoms. The molecule has 1 aromatic carbocycles. The van der Waals surface area contributed by atoms with Crippen LogP contribution in [0.1, 0.15) is 45.2 Å². The smallest absolute Gasteiger partial charge is 0.0230 e. The largest absolute Gasteiger partial charge is 0.0952 e. The Bertz CT molecular complexity index is 322. The first-order chi connectivity index (χ1) is 6.92. The summed E-state index contributed by atoms with van der Waals surface area (Å²) in [5.41, 5.74) is 4.23. The van der Waals surface area contributed by atoms with E-state index in [1.165, 1.54) is 16.7 Å². The second kappa shape index (κ2) is 4.65. The molecule has 0 aliphatic rings. The van der Waals surface area contributed by atoms with Gasteiger partial charge in [0.1, 0.15) is 0 Å². The Balaban J connectivity index is 2.75. The fourth-order valence-corrected chi connectivity index (χ4v) is 1.72. The molecular formula is C15H22. The van der Waals surface area contributed by atoms with Crippen LogP contribution in [0.15, 0.2) is 30.8 Å². The Morgan fingerprint density at radius 1 is 1.13 bits per heavy atom. The van der Waals surface area contributed by atoms with Gasteiger partial charge in [0.05, 0.1) is 0 Å². The fraction of sp³-hybridized carbons (Fsp3) is 0.467. The highest BCUT2D eigenvalue weighted by atomic mass is 14.2. The third-order valence-corrected chi connectivity index (χ3v) is 2.51. The zero-order valence-electron chi connectivity index (χ0n) is 10.4. The zero-order valence-corrected chi connectivity index (χ0v) is 10.4. The molecule has 0 heterocycles. The Morgan fingerprint density at radius 3 is 2.07 bits per heavy atom. The molecule has 0 aromatic heterocycles. The lowest BCUT2D eigenvalue weighted by atomic mass is 9.86. The van der Waals surface area contributed by atoms with Crippen LogP contribution in [0.3, 0.4) is 0 Å². The lowest BCUT2D eigenvalue weighted by Crippen LogP contribution is -2.05. The SMILES string of the molecule is C=C(CC(C)(C)C)c1ccc(CC)cc1. The highest BCUT2D eigenvalue weighted by Gasteiger charge is 2.12. The van der Waals surface area contributed by atoms with E-state index in [1.54, 1.807) is 0 Å².